The highest BCUT2D eigenvalue weighted by atomic mass is 79.9. The molecule has 8 heavy (non-hydrogen) atoms. The van der Waals surface area contributed by atoms with Crippen LogP contribution >= 0.6 is 15.9 Å². The minimum absolute atomic E-state index is 0.0556. The molecule has 0 bridgehead atoms. The monoisotopic (exact) mass is 178 g/mol. The lowest BCUT2D eigenvalue weighted by Gasteiger charge is -2.22. The van der Waals surface area contributed by atoms with Crippen LogP contribution in [-0.4, -0.2) is 15.0 Å². The second kappa shape index (κ2) is 1.48. The van der Waals surface area contributed by atoms with Crippen molar-refractivity contribution < 1.29 is 5.11 Å². The van der Waals surface area contributed by atoms with Crippen LogP contribution in [0, 0.1) is 0 Å². The normalized spacial score (nSPS) is 25.5. The Balaban J connectivity index is 2.58. The first-order valence-corrected chi connectivity index (χ1v) is 3.66. The number of rotatable bonds is 1. The van der Waals surface area contributed by atoms with Crippen molar-refractivity contribution in [1.82, 2.24) is 0 Å². The summed E-state index contributed by atoms with van der Waals surface area (Å²) < 4.78 is 0.0556. The van der Waals surface area contributed by atoms with Gasteiger partial charge in [-0.25, -0.2) is 0 Å². The lowest BCUT2D eigenvalue weighted by Crippen LogP contribution is -2.32. The standard InChI is InChI=1S/C6H11BrO/c1-5(2,8)6(7)3-4-6/h8H,3-4H2,1-2H3. The minimum atomic E-state index is -0.535. The Labute approximate surface area is 58.2 Å². The first-order chi connectivity index (χ1) is 3.46. The fraction of sp³-hybridized carbons (Fsp3) is 1.00. The van der Waals surface area contributed by atoms with Crippen LogP contribution in [0.2, 0.25) is 0 Å². The van der Waals surface area contributed by atoms with Gasteiger partial charge in [-0.3, -0.25) is 0 Å². The highest BCUT2D eigenvalue weighted by Crippen LogP contribution is 2.52. The maximum Gasteiger partial charge on any atom is 0.0744 e. The van der Waals surface area contributed by atoms with Crippen molar-refractivity contribution in [3.05, 3.63) is 0 Å². The minimum Gasteiger partial charge on any atom is -0.389 e. The molecular formula is C6H11BrO. The van der Waals surface area contributed by atoms with Gasteiger partial charge in [0.1, 0.15) is 0 Å². The van der Waals surface area contributed by atoms with Gasteiger partial charge >= 0.3 is 0 Å². The summed E-state index contributed by atoms with van der Waals surface area (Å²) in [5.41, 5.74) is -0.535. The van der Waals surface area contributed by atoms with Gasteiger partial charge in [0.2, 0.25) is 0 Å². The van der Waals surface area contributed by atoms with E-state index in [0.29, 0.717) is 0 Å². The zero-order valence-electron chi connectivity index (χ0n) is 5.24. The van der Waals surface area contributed by atoms with Crippen LogP contribution in [0.1, 0.15) is 26.7 Å². The van der Waals surface area contributed by atoms with Crippen LogP contribution in [0.25, 0.3) is 0 Å². The molecule has 0 atom stereocenters. The third-order valence-corrected chi connectivity index (χ3v) is 3.55. The van der Waals surface area contributed by atoms with Crippen molar-refractivity contribution in [2.45, 2.75) is 36.6 Å². The number of halogens is 1. The Kier molecular flexibility index (Phi) is 1.21. The number of alkyl halides is 1. The lowest BCUT2D eigenvalue weighted by atomic mass is 10.0. The second-order valence-corrected chi connectivity index (χ2v) is 4.54. The highest BCUT2D eigenvalue weighted by molar-refractivity contribution is 9.10. The molecule has 0 saturated heterocycles. The van der Waals surface area contributed by atoms with Gasteiger partial charge in [-0.15, -0.1) is 0 Å². The molecule has 0 spiro atoms. The zero-order chi connectivity index (χ0) is 6.41. The van der Waals surface area contributed by atoms with E-state index < -0.39 is 5.60 Å². The molecule has 0 amide bonds. The van der Waals surface area contributed by atoms with Crippen molar-refractivity contribution in [2.75, 3.05) is 0 Å². The van der Waals surface area contributed by atoms with Crippen molar-refractivity contribution >= 4 is 15.9 Å². The van der Waals surface area contributed by atoms with E-state index in [-0.39, 0.29) is 4.32 Å². The third-order valence-electron chi connectivity index (χ3n) is 1.79. The van der Waals surface area contributed by atoms with Gasteiger partial charge in [-0.1, -0.05) is 15.9 Å². The molecule has 1 N–H and O–H groups in total. The van der Waals surface area contributed by atoms with E-state index in [2.05, 4.69) is 15.9 Å². The van der Waals surface area contributed by atoms with Gasteiger partial charge in [0, 0.05) is 0 Å². The molecule has 1 saturated carbocycles. The summed E-state index contributed by atoms with van der Waals surface area (Å²) in [6, 6.07) is 0. The van der Waals surface area contributed by atoms with Gasteiger partial charge in [0.05, 0.1) is 9.93 Å². The Morgan fingerprint density at radius 2 is 1.88 bits per heavy atom. The summed E-state index contributed by atoms with van der Waals surface area (Å²) in [6.45, 7) is 3.68. The number of hydrogen-bond acceptors (Lipinski definition) is 1. The molecule has 48 valence electrons. The van der Waals surface area contributed by atoms with E-state index in [4.69, 9.17) is 0 Å². The topological polar surface area (TPSA) is 20.2 Å². The molecule has 1 rings (SSSR count). The van der Waals surface area contributed by atoms with Gasteiger partial charge in [0.15, 0.2) is 0 Å². The molecular weight excluding hydrogens is 168 g/mol. The van der Waals surface area contributed by atoms with Crippen LogP contribution in [-0.2, 0) is 0 Å². The summed E-state index contributed by atoms with van der Waals surface area (Å²) in [5.74, 6) is 0. The average Bonchev–Trinajstić information content (AvgIpc) is 2.16. The molecule has 0 aliphatic heterocycles. The fourth-order valence-corrected chi connectivity index (χ4v) is 0.920. The summed E-state index contributed by atoms with van der Waals surface area (Å²) in [6.07, 6.45) is 2.22. The maximum atomic E-state index is 9.37. The Morgan fingerprint density at radius 3 is 1.88 bits per heavy atom. The van der Waals surface area contributed by atoms with Crippen LogP contribution in [0.5, 0.6) is 0 Å². The largest absolute Gasteiger partial charge is 0.389 e. The molecule has 1 aliphatic carbocycles. The molecule has 0 unspecified atom stereocenters. The predicted octanol–water partition coefficient (Wildman–Crippen LogP) is 1.68. The number of hydrogen-bond donors (Lipinski definition) is 1. The van der Waals surface area contributed by atoms with E-state index in [1.807, 2.05) is 13.8 Å². The van der Waals surface area contributed by atoms with Gasteiger partial charge in [-0.2, -0.15) is 0 Å². The molecule has 1 nitrogen and oxygen atoms in total. The van der Waals surface area contributed by atoms with E-state index >= 15 is 0 Å². The van der Waals surface area contributed by atoms with Crippen molar-refractivity contribution in [1.29, 1.82) is 0 Å². The van der Waals surface area contributed by atoms with E-state index in [1.165, 1.54) is 0 Å². The van der Waals surface area contributed by atoms with Crippen molar-refractivity contribution in [2.24, 2.45) is 0 Å². The van der Waals surface area contributed by atoms with E-state index in [1.54, 1.807) is 0 Å². The van der Waals surface area contributed by atoms with Crippen molar-refractivity contribution in [3.8, 4) is 0 Å². The molecule has 1 aliphatic rings. The molecule has 0 aromatic rings. The van der Waals surface area contributed by atoms with E-state index in [9.17, 15) is 5.11 Å². The van der Waals surface area contributed by atoms with Gasteiger partial charge in [-0.05, 0) is 26.7 Å². The SMILES string of the molecule is CC(C)(O)C1(Br)CC1. The van der Waals surface area contributed by atoms with Gasteiger partial charge < -0.3 is 5.11 Å². The van der Waals surface area contributed by atoms with Crippen LogP contribution in [0.3, 0.4) is 0 Å². The molecule has 0 aromatic carbocycles. The van der Waals surface area contributed by atoms with Crippen LogP contribution in [0.15, 0.2) is 0 Å². The van der Waals surface area contributed by atoms with Gasteiger partial charge in [0.25, 0.3) is 0 Å². The summed E-state index contributed by atoms with van der Waals surface area (Å²) in [4.78, 5) is 0. The summed E-state index contributed by atoms with van der Waals surface area (Å²) in [5, 5.41) is 9.37. The molecule has 2 heteroatoms. The summed E-state index contributed by atoms with van der Waals surface area (Å²) >= 11 is 3.46. The Hall–Kier alpha value is 0.440. The predicted molar refractivity (Wildman–Crippen MR) is 37.2 cm³/mol. The zero-order valence-corrected chi connectivity index (χ0v) is 6.83. The first kappa shape index (κ1) is 6.56. The smallest absolute Gasteiger partial charge is 0.0744 e. The molecule has 1 fully saturated rings. The lowest BCUT2D eigenvalue weighted by molar-refractivity contribution is 0.0722. The first-order valence-electron chi connectivity index (χ1n) is 2.87. The van der Waals surface area contributed by atoms with Crippen LogP contribution in [0.4, 0.5) is 0 Å². The molecule has 0 aromatic heterocycles. The second-order valence-electron chi connectivity index (χ2n) is 3.02. The van der Waals surface area contributed by atoms with E-state index in [0.717, 1.165) is 12.8 Å². The molecule has 0 heterocycles. The third kappa shape index (κ3) is 0.914. The highest BCUT2D eigenvalue weighted by Gasteiger charge is 2.51. The van der Waals surface area contributed by atoms with Crippen LogP contribution < -0.4 is 0 Å². The maximum absolute atomic E-state index is 9.37. The fourth-order valence-electron chi connectivity index (χ4n) is 0.722. The summed E-state index contributed by atoms with van der Waals surface area (Å²) in [7, 11) is 0. The Bertz CT molecular complexity index is 96.3. The molecule has 0 radical (unpaired) electrons. The number of aliphatic hydroxyl groups is 1. The average molecular weight is 179 g/mol. The quantitative estimate of drug-likeness (QED) is 0.607. The Morgan fingerprint density at radius 1 is 1.50 bits per heavy atom. The van der Waals surface area contributed by atoms with Crippen molar-refractivity contribution in [3.63, 3.8) is 0 Å².